The Balaban J connectivity index is 1.78. The first-order valence-corrected chi connectivity index (χ1v) is 12.7. The number of aliphatic hydroxyl groups is 1. The molecular weight excluding hydrogens is 527 g/mol. The highest BCUT2D eigenvalue weighted by atomic mass is 35.5. The third-order valence-electron chi connectivity index (χ3n) is 6.23. The summed E-state index contributed by atoms with van der Waals surface area (Å²) in [6.07, 6.45) is 0. The number of likely N-dealkylation sites (N-methyl/N-ethyl adjacent to an activating group) is 1. The summed E-state index contributed by atoms with van der Waals surface area (Å²) in [4.78, 5) is 29.9. The first-order chi connectivity index (χ1) is 18.2. The van der Waals surface area contributed by atoms with E-state index >= 15 is 0 Å². The van der Waals surface area contributed by atoms with E-state index in [1.807, 2.05) is 55.4 Å². The number of carbonyl (C=O) groups is 2. The normalized spacial score (nSPS) is 16.8. The number of ether oxygens (including phenoxy) is 2. The van der Waals surface area contributed by atoms with E-state index in [0.717, 1.165) is 5.56 Å². The van der Waals surface area contributed by atoms with Gasteiger partial charge in [0.15, 0.2) is 5.75 Å². The Kier molecular flexibility index (Phi) is 8.62. The summed E-state index contributed by atoms with van der Waals surface area (Å²) in [5, 5.41) is 11.7. The highest BCUT2D eigenvalue weighted by Crippen LogP contribution is 2.42. The number of amides is 1. The molecule has 1 saturated heterocycles. The van der Waals surface area contributed by atoms with Gasteiger partial charge in [0.25, 0.3) is 11.7 Å². The van der Waals surface area contributed by atoms with Crippen LogP contribution in [0.15, 0.2) is 72.3 Å². The van der Waals surface area contributed by atoms with E-state index < -0.39 is 17.7 Å². The largest absolute Gasteiger partial charge is 0.507 e. The first-order valence-electron chi connectivity index (χ1n) is 11.9. The minimum Gasteiger partial charge on any atom is -0.507 e. The predicted octanol–water partition coefficient (Wildman–Crippen LogP) is 5.56. The van der Waals surface area contributed by atoms with E-state index in [0.29, 0.717) is 24.5 Å². The van der Waals surface area contributed by atoms with Gasteiger partial charge in [0.1, 0.15) is 18.1 Å². The van der Waals surface area contributed by atoms with Crippen LogP contribution in [0.1, 0.15) is 22.7 Å². The van der Waals surface area contributed by atoms with Gasteiger partial charge in [0.2, 0.25) is 0 Å². The minimum atomic E-state index is -0.838. The number of ketones is 1. The number of hydrogen-bond donors (Lipinski definition) is 1. The Morgan fingerprint density at radius 3 is 2.32 bits per heavy atom. The van der Waals surface area contributed by atoms with Gasteiger partial charge in [-0.2, -0.15) is 0 Å². The van der Waals surface area contributed by atoms with Gasteiger partial charge in [0, 0.05) is 18.7 Å². The van der Waals surface area contributed by atoms with Crippen molar-refractivity contribution < 1.29 is 24.2 Å². The average Bonchev–Trinajstić information content (AvgIpc) is 3.15. The van der Waals surface area contributed by atoms with Gasteiger partial charge < -0.3 is 24.4 Å². The van der Waals surface area contributed by atoms with Crippen LogP contribution in [-0.4, -0.2) is 60.9 Å². The highest BCUT2D eigenvalue weighted by Gasteiger charge is 2.46. The second-order valence-corrected chi connectivity index (χ2v) is 9.93. The first kappa shape index (κ1) is 27.5. The van der Waals surface area contributed by atoms with Crippen LogP contribution in [0.3, 0.4) is 0 Å². The SMILES string of the molecule is COc1c(Cl)cc(/C(O)=C2\C(=O)C(=O)N(CCN(C)C)C2c2cccc(OCc3ccccc3)c2)cc1Cl. The third-order valence-corrected chi connectivity index (χ3v) is 6.79. The molecule has 0 spiro atoms. The zero-order chi connectivity index (χ0) is 27.4. The van der Waals surface area contributed by atoms with E-state index in [9.17, 15) is 14.7 Å². The average molecular weight is 555 g/mol. The Hall–Kier alpha value is -3.52. The van der Waals surface area contributed by atoms with Crippen LogP contribution in [0.25, 0.3) is 5.76 Å². The summed E-state index contributed by atoms with van der Waals surface area (Å²) in [6.45, 7) is 1.15. The van der Waals surface area contributed by atoms with Crippen molar-refractivity contribution in [1.82, 2.24) is 9.80 Å². The number of nitrogens with zero attached hydrogens (tertiary/aromatic N) is 2. The molecule has 0 bridgehead atoms. The van der Waals surface area contributed by atoms with Gasteiger partial charge in [-0.05, 0) is 49.5 Å². The lowest BCUT2D eigenvalue weighted by Crippen LogP contribution is -2.35. The zero-order valence-corrected chi connectivity index (χ0v) is 22.8. The summed E-state index contributed by atoms with van der Waals surface area (Å²) in [5.41, 5.74) is 1.78. The lowest BCUT2D eigenvalue weighted by Gasteiger charge is -2.27. The maximum atomic E-state index is 13.3. The van der Waals surface area contributed by atoms with Crippen LogP contribution in [0.5, 0.6) is 11.5 Å². The van der Waals surface area contributed by atoms with Crippen molar-refractivity contribution in [3.63, 3.8) is 0 Å². The van der Waals surface area contributed by atoms with Crippen molar-refractivity contribution in [2.45, 2.75) is 12.6 Å². The van der Waals surface area contributed by atoms with Crippen molar-refractivity contribution in [3.8, 4) is 11.5 Å². The van der Waals surface area contributed by atoms with Crippen molar-refractivity contribution >= 4 is 40.7 Å². The van der Waals surface area contributed by atoms with E-state index in [4.69, 9.17) is 32.7 Å². The smallest absolute Gasteiger partial charge is 0.295 e. The van der Waals surface area contributed by atoms with E-state index in [1.54, 1.807) is 18.2 Å². The standard InChI is InChI=1S/C29H28Cl2N2O5/c1-32(2)12-13-33-25(19-10-7-11-21(14-19)38-17-18-8-5-4-6-9-18)24(27(35)29(33)36)26(34)20-15-22(30)28(37-3)23(31)16-20/h4-11,14-16,25,34H,12-13,17H2,1-3H3/b26-24+. The molecule has 1 heterocycles. The number of benzene rings is 3. The zero-order valence-electron chi connectivity index (χ0n) is 21.3. The van der Waals surface area contributed by atoms with Gasteiger partial charge in [-0.15, -0.1) is 0 Å². The fraction of sp³-hybridized carbons (Fsp3) is 0.241. The maximum absolute atomic E-state index is 13.3. The number of hydrogen-bond acceptors (Lipinski definition) is 6. The van der Waals surface area contributed by atoms with Crippen LogP contribution >= 0.6 is 23.2 Å². The van der Waals surface area contributed by atoms with Crippen LogP contribution in [0, 0.1) is 0 Å². The summed E-state index contributed by atoms with van der Waals surface area (Å²) in [6, 6.07) is 19.0. The number of halogens is 2. The van der Waals surface area contributed by atoms with Gasteiger partial charge in [0.05, 0.1) is 28.8 Å². The minimum absolute atomic E-state index is 0.0498. The highest BCUT2D eigenvalue weighted by molar-refractivity contribution is 6.46. The molecule has 198 valence electrons. The molecule has 1 amide bonds. The van der Waals surface area contributed by atoms with Crippen molar-refractivity contribution in [2.75, 3.05) is 34.3 Å². The summed E-state index contributed by atoms with van der Waals surface area (Å²) < 4.78 is 11.2. The van der Waals surface area contributed by atoms with E-state index in [1.165, 1.54) is 24.1 Å². The molecule has 3 aromatic carbocycles. The molecule has 0 saturated carbocycles. The molecule has 1 N–H and O–H groups in total. The van der Waals surface area contributed by atoms with Crippen LogP contribution < -0.4 is 9.47 Å². The molecular formula is C29H28Cl2N2O5. The molecule has 0 radical (unpaired) electrons. The fourth-order valence-corrected chi connectivity index (χ4v) is 4.97. The lowest BCUT2D eigenvalue weighted by molar-refractivity contribution is -0.140. The fourth-order valence-electron chi connectivity index (χ4n) is 4.33. The molecule has 7 nitrogen and oxygen atoms in total. The van der Waals surface area contributed by atoms with Crippen molar-refractivity contribution in [2.24, 2.45) is 0 Å². The second kappa shape index (κ2) is 11.9. The molecule has 1 fully saturated rings. The number of Topliss-reactive ketones (excluding diaryl/α,β-unsaturated/α-hetero) is 1. The summed E-state index contributed by atoms with van der Waals surface area (Å²) in [5.74, 6) is -1.04. The van der Waals surface area contributed by atoms with Gasteiger partial charge in [-0.25, -0.2) is 0 Å². The Bertz CT molecular complexity index is 1350. The van der Waals surface area contributed by atoms with Gasteiger partial charge >= 0.3 is 0 Å². The van der Waals surface area contributed by atoms with E-state index in [-0.39, 0.29) is 39.2 Å². The molecule has 4 rings (SSSR count). The monoisotopic (exact) mass is 554 g/mol. The van der Waals surface area contributed by atoms with Crippen molar-refractivity contribution in [3.05, 3.63) is 99.0 Å². The molecule has 1 atom stereocenters. The summed E-state index contributed by atoms with van der Waals surface area (Å²) >= 11 is 12.6. The number of rotatable bonds is 9. The lowest BCUT2D eigenvalue weighted by atomic mass is 9.95. The van der Waals surface area contributed by atoms with E-state index in [2.05, 4.69) is 0 Å². The number of carbonyl (C=O) groups excluding carboxylic acids is 2. The van der Waals surface area contributed by atoms with Crippen LogP contribution in [0.2, 0.25) is 10.0 Å². The molecule has 1 aliphatic heterocycles. The third kappa shape index (κ3) is 5.80. The summed E-state index contributed by atoms with van der Waals surface area (Å²) in [7, 11) is 5.19. The maximum Gasteiger partial charge on any atom is 0.295 e. The Morgan fingerprint density at radius 2 is 1.68 bits per heavy atom. The molecule has 0 aliphatic carbocycles. The molecule has 1 aliphatic rings. The Morgan fingerprint density at radius 1 is 1.00 bits per heavy atom. The number of aliphatic hydroxyl groups excluding tert-OH is 1. The Labute approximate surface area is 231 Å². The molecule has 3 aromatic rings. The van der Waals surface area contributed by atoms with Gasteiger partial charge in [-0.3, -0.25) is 9.59 Å². The molecule has 1 unspecified atom stereocenters. The second-order valence-electron chi connectivity index (χ2n) is 9.12. The molecule has 38 heavy (non-hydrogen) atoms. The molecule has 9 heteroatoms. The van der Waals surface area contributed by atoms with Crippen LogP contribution in [-0.2, 0) is 16.2 Å². The number of likely N-dealkylation sites (tertiary alicyclic amines) is 1. The van der Waals surface area contributed by atoms with Crippen molar-refractivity contribution in [1.29, 1.82) is 0 Å². The quantitative estimate of drug-likeness (QED) is 0.212. The number of methoxy groups -OCH3 is 1. The predicted molar refractivity (Wildman–Crippen MR) is 148 cm³/mol. The van der Waals surface area contributed by atoms with Gasteiger partial charge in [-0.1, -0.05) is 65.7 Å². The molecule has 0 aromatic heterocycles. The topological polar surface area (TPSA) is 79.3 Å². The van der Waals surface area contributed by atoms with Crippen LogP contribution in [0.4, 0.5) is 0 Å².